The summed E-state index contributed by atoms with van der Waals surface area (Å²) in [7, 11) is 1.47. The largest absolute Gasteiger partial charge is 0.464 e. The zero-order valence-corrected chi connectivity index (χ0v) is 12.9. The summed E-state index contributed by atoms with van der Waals surface area (Å²) in [6, 6.07) is 4.35. The zero-order chi connectivity index (χ0) is 14.8. The van der Waals surface area contributed by atoms with E-state index in [2.05, 4.69) is 19.1 Å². The number of rotatable bonds is 2. The highest BCUT2D eigenvalue weighted by Gasteiger charge is 2.24. The van der Waals surface area contributed by atoms with Crippen LogP contribution in [-0.2, 0) is 24.0 Å². The molecule has 0 fully saturated rings. The van der Waals surface area contributed by atoms with Crippen LogP contribution in [-0.4, -0.2) is 17.5 Å². The summed E-state index contributed by atoms with van der Waals surface area (Å²) >= 11 is 0. The van der Waals surface area contributed by atoms with Crippen LogP contribution in [0.15, 0.2) is 18.3 Å². The number of hydrogen-bond donors (Lipinski definition) is 0. The van der Waals surface area contributed by atoms with Gasteiger partial charge in [0.15, 0.2) is 0 Å². The van der Waals surface area contributed by atoms with E-state index >= 15 is 0 Å². The smallest absolute Gasteiger partial charge is 0.355 e. The summed E-state index contributed by atoms with van der Waals surface area (Å²) in [4.78, 5) is 12.3. The monoisotopic (exact) mass is 285 g/mol. The number of aromatic nitrogens is 1. The number of methoxy groups -OCH3 is 1. The second kappa shape index (κ2) is 5.92. The third kappa shape index (κ3) is 2.45. The van der Waals surface area contributed by atoms with Crippen molar-refractivity contribution in [2.45, 2.75) is 51.9 Å². The highest BCUT2D eigenvalue weighted by atomic mass is 16.5. The first-order valence-electron chi connectivity index (χ1n) is 7.99. The Labute approximate surface area is 125 Å². The van der Waals surface area contributed by atoms with Gasteiger partial charge in [0.25, 0.3) is 0 Å². The van der Waals surface area contributed by atoms with Crippen molar-refractivity contribution in [2.24, 2.45) is 0 Å². The van der Waals surface area contributed by atoms with Gasteiger partial charge in [-0.15, -0.1) is 0 Å². The highest BCUT2D eigenvalue weighted by molar-refractivity contribution is 5.92. The molecule has 0 bridgehead atoms. The molecule has 2 heterocycles. The second-order valence-electron chi connectivity index (χ2n) is 5.86. The fraction of sp³-hybridized carbons (Fsp3) is 0.500. The van der Waals surface area contributed by atoms with Gasteiger partial charge in [0, 0.05) is 11.7 Å². The minimum Gasteiger partial charge on any atom is -0.464 e. The van der Waals surface area contributed by atoms with Crippen molar-refractivity contribution in [1.29, 1.82) is 0 Å². The van der Waals surface area contributed by atoms with E-state index in [1.165, 1.54) is 48.6 Å². The topological polar surface area (TPSA) is 30.7 Å². The number of hydrogen-bond acceptors (Lipinski definition) is 2. The van der Waals surface area contributed by atoms with Crippen LogP contribution in [0.4, 0.5) is 0 Å². The Kier molecular flexibility index (Phi) is 4.00. The molecule has 3 rings (SSSR count). The fourth-order valence-electron chi connectivity index (χ4n) is 3.46. The summed E-state index contributed by atoms with van der Waals surface area (Å²) in [5.74, 6) is -0.212. The lowest BCUT2D eigenvalue weighted by molar-refractivity contribution is 0.0591. The molecule has 0 amide bonds. The average Bonchev–Trinajstić information content (AvgIpc) is 2.78. The number of esters is 1. The Balaban J connectivity index is 2.27. The van der Waals surface area contributed by atoms with Gasteiger partial charge in [-0.3, -0.25) is 0 Å². The molecule has 112 valence electrons. The van der Waals surface area contributed by atoms with Gasteiger partial charge in [0.05, 0.1) is 7.11 Å². The summed E-state index contributed by atoms with van der Waals surface area (Å²) in [6.07, 6.45) is 10.0. The SMILES string of the molecule is CCc1ccn2c(C(=O)OC)c3c(c2c1)CCCCCC3. The average molecular weight is 285 g/mol. The van der Waals surface area contributed by atoms with E-state index in [-0.39, 0.29) is 5.97 Å². The van der Waals surface area contributed by atoms with Gasteiger partial charge in [-0.25, -0.2) is 4.79 Å². The summed E-state index contributed by atoms with van der Waals surface area (Å²) in [6.45, 7) is 2.17. The highest BCUT2D eigenvalue weighted by Crippen LogP contribution is 2.30. The number of carbonyl (C=O) groups excluding carboxylic acids is 1. The van der Waals surface area contributed by atoms with Crippen LogP contribution in [0.5, 0.6) is 0 Å². The lowest BCUT2D eigenvalue weighted by Crippen LogP contribution is -2.09. The van der Waals surface area contributed by atoms with Gasteiger partial charge >= 0.3 is 5.97 Å². The van der Waals surface area contributed by atoms with Gasteiger partial charge in [-0.1, -0.05) is 19.8 Å². The molecule has 0 saturated heterocycles. The van der Waals surface area contributed by atoms with Crippen molar-refractivity contribution in [3.63, 3.8) is 0 Å². The molecule has 0 aromatic carbocycles. The lowest BCUT2D eigenvalue weighted by Gasteiger charge is -2.10. The van der Waals surface area contributed by atoms with Gasteiger partial charge in [-0.2, -0.15) is 0 Å². The number of nitrogens with zero attached hydrogens (tertiary/aromatic N) is 1. The molecule has 0 aliphatic heterocycles. The normalized spacial score (nSPS) is 15.3. The standard InChI is InChI=1S/C18H23NO2/c1-3-13-10-11-19-16(12-13)14-8-6-4-5-7-9-15(14)17(19)18(20)21-2/h10-12H,3-9H2,1-2H3. The lowest BCUT2D eigenvalue weighted by atomic mass is 9.94. The molecule has 0 radical (unpaired) electrons. The first kappa shape index (κ1) is 14.2. The molecular weight excluding hydrogens is 262 g/mol. The van der Waals surface area contributed by atoms with Crippen LogP contribution in [0, 0.1) is 0 Å². The van der Waals surface area contributed by atoms with Crippen LogP contribution in [0.25, 0.3) is 5.52 Å². The maximum atomic E-state index is 12.3. The molecule has 0 unspecified atom stereocenters. The summed E-state index contributed by atoms with van der Waals surface area (Å²) in [5.41, 5.74) is 5.85. The Morgan fingerprint density at radius 2 is 1.90 bits per heavy atom. The molecule has 0 saturated carbocycles. The minimum atomic E-state index is -0.212. The molecule has 3 nitrogen and oxygen atoms in total. The van der Waals surface area contributed by atoms with Crippen molar-refractivity contribution in [2.75, 3.05) is 7.11 Å². The number of pyridine rings is 1. The van der Waals surface area contributed by atoms with E-state index in [9.17, 15) is 4.79 Å². The van der Waals surface area contributed by atoms with Crippen molar-refractivity contribution in [3.8, 4) is 0 Å². The number of aryl methyl sites for hydroxylation is 2. The molecular formula is C18H23NO2. The molecule has 3 heteroatoms. The van der Waals surface area contributed by atoms with Crippen LogP contribution < -0.4 is 0 Å². The van der Waals surface area contributed by atoms with Crippen molar-refractivity contribution in [1.82, 2.24) is 4.40 Å². The predicted molar refractivity (Wildman–Crippen MR) is 84.0 cm³/mol. The van der Waals surface area contributed by atoms with E-state index in [1.807, 2.05) is 10.6 Å². The van der Waals surface area contributed by atoms with Crippen LogP contribution in [0.2, 0.25) is 0 Å². The maximum Gasteiger partial charge on any atom is 0.355 e. The van der Waals surface area contributed by atoms with E-state index in [0.29, 0.717) is 0 Å². The third-order valence-corrected chi connectivity index (χ3v) is 4.61. The second-order valence-corrected chi connectivity index (χ2v) is 5.86. The molecule has 0 atom stereocenters. The minimum absolute atomic E-state index is 0.212. The molecule has 1 aliphatic carbocycles. The molecule has 0 N–H and O–H groups in total. The Morgan fingerprint density at radius 3 is 2.57 bits per heavy atom. The molecule has 2 aromatic rings. The predicted octanol–water partition coefficient (Wildman–Crippen LogP) is 3.95. The van der Waals surface area contributed by atoms with Gasteiger partial charge in [-0.05, 0) is 60.9 Å². The summed E-state index contributed by atoms with van der Waals surface area (Å²) in [5, 5.41) is 0. The molecule has 2 aromatic heterocycles. The first-order chi connectivity index (χ1) is 10.3. The quantitative estimate of drug-likeness (QED) is 0.782. The van der Waals surface area contributed by atoms with E-state index in [4.69, 9.17) is 4.74 Å². The van der Waals surface area contributed by atoms with Gasteiger partial charge in [0.2, 0.25) is 0 Å². The van der Waals surface area contributed by atoms with E-state index in [0.717, 1.165) is 31.4 Å². The maximum absolute atomic E-state index is 12.3. The number of carbonyl (C=O) groups is 1. The zero-order valence-electron chi connectivity index (χ0n) is 12.9. The Morgan fingerprint density at radius 1 is 1.19 bits per heavy atom. The molecule has 1 aliphatic rings. The van der Waals surface area contributed by atoms with Crippen molar-refractivity contribution >= 4 is 11.5 Å². The Hall–Kier alpha value is -1.77. The van der Waals surface area contributed by atoms with Gasteiger partial charge < -0.3 is 9.14 Å². The summed E-state index contributed by atoms with van der Waals surface area (Å²) < 4.78 is 7.08. The van der Waals surface area contributed by atoms with E-state index in [1.54, 1.807) is 0 Å². The van der Waals surface area contributed by atoms with Crippen molar-refractivity contribution in [3.05, 3.63) is 40.7 Å². The number of ether oxygens (including phenoxy) is 1. The van der Waals surface area contributed by atoms with E-state index < -0.39 is 0 Å². The molecule has 21 heavy (non-hydrogen) atoms. The van der Waals surface area contributed by atoms with Crippen molar-refractivity contribution < 1.29 is 9.53 Å². The fourth-order valence-corrected chi connectivity index (χ4v) is 3.46. The van der Waals surface area contributed by atoms with Crippen LogP contribution >= 0.6 is 0 Å². The van der Waals surface area contributed by atoms with Crippen LogP contribution in [0.3, 0.4) is 0 Å². The Bertz CT molecular complexity index is 669. The molecule has 0 spiro atoms. The van der Waals surface area contributed by atoms with Crippen LogP contribution in [0.1, 0.15) is 59.8 Å². The number of fused-ring (bicyclic) bond motifs is 3. The van der Waals surface area contributed by atoms with Gasteiger partial charge in [0.1, 0.15) is 5.69 Å². The first-order valence-corrected chi connectivity index (χ1v) is 7.99. The third-order valence-electron chi connectivity index (χ3n) is 4.61.